The first-order valence-corrected chi connectivity index (χ1v) is 10.1. The number of carbonyl (C=O) groups is 3. The maximum Gasteiger partial charge on any atom is 0.245 e. The van der Waals surface area contributed by atoms with Gasteiger partial charge in [-0.05, 0) is 26.3 Å². The third kappa shape index (κ3) is 6.75. The molecule has 1 saturated heterocycles. The number of piperazine rings is 1. The maximum atomic E-state index is 12.9. The summed E-state index contributed by atoms with van der Waals surface area (Å²) in [6, 6.07) is 6.83. The molecule has 0 spiro atoms. The second-order valence-corrected chi connectivity index (χ2v) is 8.17. The minimum absolute atomic E-state index is 0.0139. The van der Waals surface area contributed by atoms with Gasteiger partial charge >= 0.3 is 0 Å². The van der Waals surface area contributed by atoms with Crippen LogP contribution in [0.3, 0.4) is 0 Å². The summed E-state index contributed by atoms with van der Waals surface area (Å²) in [6.07, 6.45) is 0.839. The lowest BCUT2D eigenvalue weighted by atomic mass is 10.0. The molecule has 2 rings (SSSR count). The number of amides is 2. The number of hydrogen-bond acceptors (Lipinski definition) is 4. The Bertz CT molecular complexity index is 677. The van der Waals surface area contributed by atoms with Crippen LogP contribution >= 0.6 is 0 Å². The number of ketones is 1. The molecule has 6 nitrogen and oxygen atoms in total. The van der Waals surface area contributed by atoms with Crippen LogP contribution in [-0.2, 0) is 9.59 Å². The van der Waals surface area contributed by atoms with Crippen LogP contribution in [0.4, 0.5) is 0 Å². The molecule has 0 saturated carbocycles. The monoisotopic (exact) mass is 387 g/mol. The zero-order valence-electron chi connectivity index (χ0n) is 17.5. The highest BCUT2D eigenvalue weighted by Gasteiger charge is 2.28. The van der Waals surface area contributed by atoms with Crippen LogP contribution in [0, 0.1) is 12.8 Å². The van der Waals surface area contributed by atoms with Crippen molar-refractivity contribution in [3.05, 3.63) is 35.4 Å². The van der Waals surface area contributed by atoms with Gasteiger partial charge in [-0.2, -0.15) is 0 Å². The van der Waals surface area contributed by atoms with Gasteiger partial charge in [-0.3, -0.25) is 14.4 Å². The van der Waals surface area contributed by atoms with Gasteiger partial charge in [0, 0.05) is 44.6 Å². The smallest absolute Gasteiger partial charge is 0.245 e. The van der Waals surface area contributed by atoms with E-state index in [2.05, 4.69) is 10.2 Å². The van der Waals surface area contributed by atoms with Crippen LogP contribution in [0.2, 0.25) is 0 Å². The molecule has 0 aliphatic carbocycles. The minimum atomic E-state index is -0.523. The van der Waals surface area contributed by atoms with Gasteiger partial charge in [0.2, 0.25) is 11.8 Å². The van der Waals surface area contributed by atoms with E-state index in [-0.39, 0.29) is 36.4 Å². The number of aryl methyl sites for hydroxylation is 1. The number of nitrogens with zero attached hydrogens (tertiary/aromatic N) is 2. The predicted molar refractivity (Wildman–Crippen MR) is 110 cm³/mol. The van der Waals surface area contributed by atoms with E-state index in [1.54, 1.807) is 12.1 Å². The van der Waals surface area contributed by atoms with E-state index in [1.807, 2.05) is 44.9 Å². The van der Waals surface area contributed by atoms with Gasteiger partial charge in [-0.1, -0.05) is 43.7 Å². The van der Waals surface area contributed by atoms with Crippen molar-refractivity contribution in [2.75, 3.05) is 33.2 Å². The molecule has 1 N–H and O–H groups in total. The molecule has 0 radical (unpaired) electrons. The maximum absolute atomic E-state index is 12.9. The summed E-state index contributed by atoms with van der Waals surface area (Å²) in [5.41, 5.74) is 1.71. The summed E-state index contributed by atoms with van der Waals surface area (Å²) in [5, 5.41) is 2.88. The Morgan fingerprint density at radius 2 is 1.61 bits per heavy atom. The molecule has 6 heteroatoms. The van der Waals surface area contributed by atoms with Crippen molar-refractivity contribution in [1.82, 2.24) is 15.1 Å². The Balaban J connectivity index is 1.90. The number of carbonyl (C=O) groups excluding carboxylic acids is 3. The average molecular weight is 388 g/mol. The molecule has 0 unspecified atom stereocenters. The molecular weight excluding hydrogens is 354 g/mol. The molecule has 0 bridgehead atoms. The van der Waals surface area contributed by atoms with Crippen LogP contribution in [-0.4, -0.2) is 66.7 Å². The summed E-state index contributed by atoms with van der Waals surface area (Å²) in [6.45, 7) is 9.11. The SMILES string of the molecule is Cc1ccc(C(=O)CCC(=O)N[C@@H](CC(C)C)C(=O)N2CCN(C)CC2)cc1. The van der Waals surface area contributed by atoms with Crippen LogP contribution in [0.1, 0.15) is 49.0 Å². The highest BCUT2D eigenvalue weighted by Crippen LogP contribution is 2.12. The number of Topliss-reactive ketones (excluding diaryl/α,β-unsaturated/α-hetero) is 1. The van der Waals surface area contributed by atoms with Gasteiger partial charge in [-0.25, -0.2) is 0 Å². The van der Waals surface area contributed by atoms with Crippen LogP contribution in [0.15, 0.2) is 24.3 Å². The van der Waals surface area contributed by atoms with E-state index in [0.717, 1.165) is 18.7 Å². The lowest BCUT2D eigenvalue weighted by Crippen LogP contribution is -2.54. The molecule has 1 atom stereocenters. The summed E-state index contributed by atoms with van der Waals surface area (Å²) in [5.74, 6) is -0.0227. The standard InChI is InChI=1S/C22H33N3O3/c1-16(2)15-19(22(28)25-13-11-24(4)12-14-25)23-21(27)10-9-20(26)18-7-5-17(3)6-8-18/h5-8,16,19H,9-15H2,1-4H3,(H,23,27)/t19-/m0/s1. The highest BCUT2D eigenvalue weighted by atomic mass is 16.2. The lowest BCUT2D eigenvalue weighted by molar-refractivity contribution is -0.138. The number of nitrogens with one attached hydrogen (secondary N) is 1. The number of benzene rings is 1. The van der Waals surface area contributed by atoms with Crippen molar-refractivity contribution in [2.24, 2.45) is 5.92 Å². The van der Waals surface area contributed by atoms with Crippen molar-refractivity contribution >= 4 is 17.6 Å². The zero-order chi connectivity index (χ0) is 20.7. The Hall–Kier alpha value is -2.21. The Morgan fingerprint density at radius 3 is 2.18 bits per heavy atom. The Morgan fingerprint density at radius 1 is 1.00 bits per heavy atom. The van der Waals surface area contributed by atoms with Gasteiger partial charge in [0.25, 0.3) is 0 Å². The van der Waals surface area contributed by atoms with E-state index in [4.69, 9.17) is 0 Å². The topological polar surface area (TPSA) is 69.7 Å². The minimum Gasteiger partial charge on any atom is -0.344 e. The molecule has 1 aromatic rings. The first-order valence-electron chi connectivity index (χ1n) is 10.1. The van der Waals surface area contributed by atoms with Crippen molar-refractivity contribution in [2.45, 2.75) is 46.1 Å². The Labute approximate surface area is 168 Å². The molecule has 2 amide bonds. The van der Waals surface area contributed by atoms with Crippen LogP contribution in [0.25, 0.3) is 0 Å². The van der Waals surface area contributed by atoms with E-state index in [1.165, 1.54) is 0 Å². The van der Waals surface area contributed by atoms with Crippen molar-refractivity contribution in [1.29, 1.82) is 0 Å². The van der Waals surface area contributed by atoms with Gasteiger partial charge in [0.05, 0.1) is 0 Å². The lowest BCUT2D eigenvalue weighted by Gasteiger charge is -2.35. The summed E-state index contributed by atoms with van der Waals surface area (Å²) in [4.78, 5) is 41.6. The quantitative estimate of drug-likeness (QED) is 0.695. The molecule has 154 valence electrons. The second-order valence-electron chi connectivity index (χ2n) is 8.17. The van der Waals surface area contributed by atoms with Crippen molar-refractivity contribution < 1.29 is 14.4 Å². The normalized spacial score (nSPS) is 16.1. The van der Waals surface area contributed by atoms with Crippen LogP contribution < -0.4 is 5.32 Å². The number of hydrogen-bond donors (Lipinski definition) is 1. The third-order valence-corrected chi connectivity index (χ3v) is 5.11. The van der Waals surface area contributed by atoms with Gasteiger partial charge in [0.15, 0.2) is 5.78 Å². The molecule has 1 aliphatic rings. The van der Waals surface area contributed by atoms with Crippen LogP contribution in [0.5, 0.6) is 0 Å². The molecular formula is C22H33N3O3. The summed E-state index contributed by atoms with van der Waals surface area (Å²) < 4.78 is 0. The molecule has 0 aromatic heterocycles. The first-order chi connectivity index (χ1) is 13.3. The third-order valence-electron chi connectivity index (χ3n) is 5.11. The Kier molecular flexibility index (Phi) is 8.18. The highest BCUT2D eigenvalue weighted by molar-refractivity contribution is 5.98. The number of likely N-dealkylation sites (N-methyl/N-ethyl adjacent to an activating group) is 1. The molecule has 1 aliphatic heterocycles. The van der Waals surface area contributed by atoms with Gasteiger partial charge < -0.3 is 15.1 Å². The van der Waals surface area contributed by atoms with Gasteiger partial charge in [-0.15, -0.1) is 0 Å². The summed E-state index contributed by atoms with van der Waals surface area (Å²) >= 11 is 0. The molecule has 28 heavy (non-hydrogen) atoms. The second kappa shape index (κ2) is 10.4. The predicted octanol–water partition coefficient (Wildman–Crippen LogP) is 2.26. The first kappa shape index (κ1) is 22.1. The van der Waals surface area contributed by atoms with Crippen molar-refractivity contribution in [3.63, 3.8) is 0 Å². The van der Waals surface area contributed by atoms with Crippen molar-refractivity contribution in [3.8, 4) is 0 Å². The largest absolute Gasteiger partial charge is 0.344 e. The molecule has 1 aromatic carbocycles. The van der Waals surface area contributed by atoms with E-state index < -0.39 is 6.04 Å². The van der Waals surface area contributed by atoms with Gasteiger partial charge in [0.1, 0.15) is 6.04 Å². The fraction of sp³-hybridized carbons (Fsp3) is 0.591. The fourth-order valence-corrected chi connectivity index (χ4v) is 3.32. The van der Waals surface area contributed by atoms with E-state index in [9.17, 15) is 14.4 Å². The molecule has 1 heterocycles. The van der Waals surface area contributed by atoms with E-state index >= 15 is 0 Å². The van der Waals surface area contributed by atoms with E-state index in [0.29, 0.717) is 25.1 Å². The average Bonchev–Trinajstić information content (AvgIpc) is 2.66. The summed E-state index contributed by atoms with van der Waals surface area (Å²) in [7, 11) is 2.04. The fourth-order valence-electron chi connectivity index (χ4n) is 3.32. The molecule has 1 fully saturated rings. The zero-order valence-corrected chi connectivity index (χ0v) is 17.5. The number of rotatable bonds is 8.